The number of ether oxygens (including phenoxy) is 1. The van der Waals surface area contributed by atoms with Crippen molar-refractivity contribution in [2.45, 2.75) is 57.2 Å². The highest BCUT2D eigenvalue weighted by atomic mass is 32.2. The van der Waals surface area contributed by atoms with Gasteiger partial charge in [0.15, 0.2) is 0 Å². The predicted octanol–water partition coefficient (Wildman–Crippen LogP) is 3.21. The Morgan fingerprint density at radius 3 is 2.43 bits per heavy atom. The SMILES string of the molecule is CC(C)(C)S(=O)(=O)NC1CCC(CNc2cccc(N3CCOCC3)c2)CC1. The molecule has 1 heterocycles. The molecule has 28 heavy (non-hydrogen) atoms. The van der Waals surface area contributed by atoms with Crippen LogP contribution in [0.5, 0.6) is 0 Å². The number of nitrogens with one attached hydrogen (secondary N) is 2. The molecule has 0 atom stereocenters. The van der Waals surface area contributed by atoms with Crippen molar-refractivity contribution < 1.29 is 13.2 Å². The molecule has 6 nitrogen and oxygen atoms in total. The van der Waals surface area contributed by atoms with Crippen LogP contribution in [0.15, 0.2) is 24.3 Å². The molecule has 2 fully saturated rings. The molecule has 1 aliphatic heterocycles. The lowest BCUT2D eigenvalue weighted by Gasteiger charge is -2.32. The molecule has 2 aliphatic rings. The van der Waals surface area contributed by atoms with Gasteiger partial charge in [-0.2, -0.15) is 0 Å². The maximum atomic E-state index is 12.3. The van der Waals surface area contributed by atoms with Gasteiger partial charge in [0.1, 0.15) is 0 Å². The van der Waals surface area contributed by atoms with Crippen LogP contribution < -0.4 is 14.9 Å². The predicted molar refractivity (Wildman–Crippen MR) is 116 cm³/mol. The van der Waals surface area contributed by atoms with E-state index in [-0.39, 0.29) is 6.04 Å². The maximum Gasteiger partial charge on any atom is 0.216 e. The molecule has 0 radical (unpaired) electrons. The van der Waals surface area contributed by atoms with Crippen LogP contribution in [0, 0.1) is 5.92 Å². The average molecular weight is 410 g/mol. The molecule has 1 saturated carbocycles. The van der Waals surface area contributed by atoms with Crippen molar-refractivity contribution in [1.29, 1.82) is 0 Å². The first kappa shape index (κ1) is 21.4. The van der Waals surface area contributed by atoms with E-state index in [2.05, 4.69) is 39.2 Å². The minimum absolute atomic E-state index is 0.0742. The van der Waals surface area contributed by atoms with Gasteiger partial charge in [-0.05, 0) is 70.6 Å². The van der Waals surface area contributed by atoms with Crippen LogP contribution in [-0.2, 0) is 14.8 Å². The quantitative estimate of drug-likeness (QED) is 0.755. The Labute approximate surface area is 170 Å². The summed E-state index contributed by atoms with van der Waals surface area (Å²) in [6.07, 6.45) is 3.92. The summed E-state index contributed by atoms with van der Waals surface area (Å²) in [6.45, 7) is 9.64. The normalized spacial score (nSPS) is 24.2. The second-order valence-corrected chi connectivity index (χ2v) is 11.4. The summed E-state index contributed by atoms with van der Waals surface area (Å²) in [4.78, 5) is 2.36. The third-order valence-electron chi connectivity index (χ3n) is 5.79. The maximum absolute atomic E-state index is 12.3. The summed E-state index contributed by atoms with van der Waals surface area (Å²) in [5.41, 5.74) is 2.40. The van der Waals surface area contributed by atoms with E-state index in [1.54, 1.807) is 20.8 Å². The molecule has 2 N–H and O–H groups in total. The van der Waals surface area contributed by atoms with E-state index in [1.807, 2.05) is 0 Å². The van der Waals surface area contributed by atoms with Gasteiger partial charge in [0.05, 0.1) is 18.0 Å². The van der Waals surface area contributed by atoms with Crippen molar-refractivity contribution in [1.82, 2.24) is 4.72 Å². The summed E-state index contributed by atoms with van der Waals surface area (Å²) in [5, 5.41) is 3.58. The van der Waals surface area contributed by atoms with Gasteiger partial charge in [0.25, 0.3) is 0 Å². The van der Waals surface area contributed by atoms with Crippen LogP contribution in [0.3, 0.4) is 0 Å². The van der Waals surface area contributed by atoms with Crippen molar-refractivity contribution in [3.05, 3.63) is 24.3 Å². The zero-order valence-electron chi connectivity index (χ0n) is 17.4. The van der Waals surface area contributed by atoms with E-state index in [0.717, 1.165) is 64.2 Å². The van der Waals surface area contributed by atoms with Crippen molar-refractivity contribution in [3.8, 4) is 0 Å². The molecule has 1 saturated heterocycles. The van der Waals surface area contributed by atoms with E-state index >= 15 is 0 Å². The number of benzene rings is 1. The third-order valence-corrected chi connectivity index (χ3v) is 8.05. The van der Waals surface area contributed by atoms with Gasteiger partial charge < -0.3 is 15.0 Å². The molecule has 3 rings (SSSR count). The molecule has 0 spiro atoms. The fourth-order valence-corrected chi connectivity index (χ4v) is 4.81. The first-order valence-electron chi connectivity index (χ1n) is 10.4. The number of hydrogen-bond acceptors (Lipinski definition) is 5. The Hall–Kier alpha value is -1.31. The lowest BCUT2D eigenvalue weighted by molar-refractivity contribution is 0.122. The fraction of sp³-hybridized carbons (Fsp3) is 0.714. The van der Waals surface area contributed by atoms with Crippen molar-refractivity contribution in [2.24, 2.45) is 5.92 Å². The van der Waals surface area contributed by atoms with Crippen LogP contribution in [0.1, 0.15) is 46.5 Å². The fourth-order valence-electron chi connectivity index (χ4n) is 3.78. The molecular weight excluding hydrogens is 374 g/mol. The molecule has 1 aromatic rings. The molecule has 158 valence electrons. The smallest absolute Gasteiger partial charge is 0.216 e. The first-order chi connectivity index (χ1) is 13.2. The molecule has 0 aromatic heterocycles. The van der Waals surface area contributed by atoms with Gasteiger partial charge in [-0.15, -0.1) is 0 Å². The van der Waals surface area contributed by atoms with Gasteiger partial charge in [0.2, 0.25) is 10.0 Å². The van der Waals surface area contributed by atoms with Crippen LogP contribution >= 0.6 is 0 Å². The monoisotopic (exact) mass is 409 g/mol. The summed E-state index contributed by atoms with van der Waals surface area (Å²) in [6, 6.07) is 8.67. The van der Waals surface area contributed by atoms with E-state index in [0.29, 0.717) is 5.92 Å². The van der Waals surface area contributed by atoms with Crippen molar-refractivity contribution in [3.63, 3.8) is 0 Å². The second kappa shape index (κ2) is 9.01. The Morgan fingerprint density at radius 2 is 1.79 bits per heavy atom. The van der Waals surface area contributed by atoms with E-state index in [1.165, 1.54) is 5.69 Å². The van der Waals surface area contributed by atoms with Gasteiger partial charge in [-0.3, -0.25) is 0 Å². The van der Waals surface area contributed by atoms with Crippen LogP contribution in [0.4, 0.5) is 11.4 Å². The van der Waals surface area contributed by atoms with Crippen molar-refractivity contribution in [2.75, 3.05) is 43.1 Å². The topological polar surface area (TPSA) is 70.7 Å². The van der Waals surface area contributed by atoms with Crippen LogP contribution in [-0.4, -0.2) is 52.1 Å². The molecule has 0 unspecified atom stereocenters. The zero-order chi connectivity index (χ0) is 20.2. The number of morpholine rings is 1. The van der Waals surface area contributed by atoms with Crippen LogP contribution in [0.25, 0.3) is 0 Å². The highest BCUT2D eigenvalue weighted by Crippen LogP contribution is 2.27. The summed E-state index contributed by atoms with van der Waals surface area (Å²) >= 11 is 0. The standard InChI is InChI=1S/C21H35N3O3S/c1-21(2,3)28(25,26)23-18-9-7-17(8-10-18)16-22-19-5-4-6-20(15-19)24-11-13-27-14-12-24/h4-6,15,17-18,22-23H,7-14,16H2,1-3H3. The highest BCUT2D eigenvalue weighted by Gasteiger charge is 2.32. The van der Waals surface area contributed by atoms with Gasteiger partial charge >= 0.3 is 0 Å². The van der Waals surface area contributed by atoms with Gasteiger partial charge in [-0.25, -0.2) is 13.1 Å². The minimum Gasteiger partial charge on any atom is -0.385 e. The highest BCUT2D eigenvalue weighted by molar-refractivity contribution is 7.90. The largest absolute Gasteiger partial charge is 0.385 e. The number of sulfonamides is 1. The summed E-state index contributed by atoms with van der Waals surface area (Å²) < 4.78 is 32.3. The first-order valence-corrected chi connectivity index (χ1v) is 11.9. The van der Waals surface area contributed by atoms with E-state index in [4.69, 9.17) is 4.74 Å². The average Bonchev–Trinajstić information content (AvgIpc) is 2.67. The Kier molecular flexibility index (Phi) is 6.89. The van der Waals surface area contributed by atoms with Gasteiger partial charge in [0, 0.05) is 37.1 Å². The van der Waals surface area contributed by atoms with Crippen molar-refractivity contribution >= 4 is 21.4 Å². The van der Waals surface area contributed by atoms with E-state index in [9.17, 15) is 8.42 Å². The Morgan fingerprint density at radius 1 is 1.11 bits per heavy atom. The number of rotatable bonds is 6. The molecular formula is C21H35N3O3S. The molecule has 0 bridgehead atoms. The van der Waals surface area contributed by atoms with Crippen LogP contribution in [0.2, 0.25) is 0 Å². The Balaban J connectivity index is 1.46. The lowest BCUT2D eigenvalue weighted by atomic mass is 9.86. The Bertz CT molecular complexity index is 732. The number of hydrogen-bond donors (Lipinski definition) is 2. The van der Waals surface area contributed by atoms with E-state index < -0.39 is 14.8 Å². The second-order valence-electron chi connectivity index (χ2n) is 8.98. The number of nitrogens with zero attached hydrogens (tertiary/aromatic N) is 1. The zero-order valence-corrected chi connectivity index (χ0v) is 18.2. The molecule has 0 amide bonds. The van der Waals surface area contributed by atoms with Gasteiger partial charge in [-0.1, -0.05) is 6.07 Å². The molecule has 1 aliphatic carbocycles. The lowest BCUT2D eigenvalue weighted by Crippen LogP contribution is -2.46. The molecule has 7 heteroatoms. The summed E-state index contributed by atoms with van der Waals surface area (Å²) in [5.74, 6) is 0.586. The minimum atomic E-state index is -3.26. The number of anilines is 2. The molecule has 1 aromatic carbocycles. The third kappa shape index (κ3) is 5.61. The summed E-state index contributed by atoms with van der Waals surface area (Å²) in [7, 11) is -3.26.